The van der Waals surface area contributed by atoms with Gasteiger partial charge in [0.25, 0.3) is 0 Å². The lowest BCUT2D eigenvalue weighted by molar-refractivity contribution is 0.174. The van der Waals surface area contributed by atoms with Gasteiger partial charge in [-0.3, -0.25) is 9.55 Å². The average Bonchev–Trinajstić information content (AvgIpc) is 3.45. The molecule has 0 amide bonds. The molecule has 150 valence electrons. The summed E-state index contributed by atoms with van der Waals surface area (Å²) in [5.41, 5.74) is 3.03. The highest BCUT2D eigenvalue weighted by atomic mass is 32.2. The predicted molar refractivity (Wildman–Crippen MR) is 113 cm³/mol. The Bertz CT molecular complexity index is 1160. The molecule has 0 fully saturated rings. The van der Waals surface area contributed by atoms with Crippen LogP contribution in [0.2, 0.25) is 0 Å². The van der Waals surface area contributed by atoms with E-state index in [9.17, 15) is 0 Å². The third kappa shape index (κ3) is 3.57. The third-order valence-electron chi connectivity index (χ3n) is 4.71. The van der Waals surface area contributed by atoms with Gasteiger partial charge in [-0.1, -0.05) is 17.8 Å². The minimum Gasteiger partial charge on any atom is -0.497 e. The van der Waals surface area contributed by atoms with Crippen molar-refractivity contribution in [3.8, 4) is 34.3 Å². The minimum absolute atomic E-state index is 0.271. The zero-order valence-electron chi connectivity index (χ0n) is 16.2. The molecule has 4 aromatic rings. The van der Waals surface area contributed by atoms with Crippen LogP contribution in [0.3, 0.4) is 0 Å². The summed E-state index contributed by atoms with van der Waals surface area (Å²) < 4.78 is 18.2. The molecule has 0 radical (unpaired) electrons. The molecule has 2 aromatic carbocycles. The van der Waals surface area contributed by atoms with E-state index < -0.39 is 0 Å². The number of hydrogen-bond acceptors (Lipinski definition) is 7. The smallest absolute Gasteiger partial charge is 0.231 e. The van der Waals surface area contributed by atoms with Gasteiger partial charge in [0.2, 0.25) is 6.79 Å². The van der Waals surface area contributed by atoms with Crippen LogP contribution < -0.4 is 14.2 Å². The van der Waals surface area contributed by atoms with Crippen LogP contribution >= 0.6 is 11.8 Å². The number of rotatable bonds is 6. The first-order valence-electron chi connectivity index (χ1n) is 9.33. The maximum atomic E-state index is 5.49. The molecule has 0 saturated carbocycles. The van der Waals surface area contributed by atoms with Crippen molar-refractivity contribution in [3.63, 3.8) is 0 Å². The second-order valence-corrected chi connectivity index (χ2v) is 7.49. The predicted octanol–water partition coefficient (Wildman–Crippen LogP) is 4.36. The number of pyridine rings is 1. The van der Waals surface area contributed by atoms with Crippen LogP contribution in [0.5, 0.6) is 17.2 Å². The Hall–Kier alpha value is -3.52. The molecular weight excluding hydrogens is 400 g/mol. The molecule has 0 unspecified atom stereocenters. The number of ether oxygens (including phenoxy) is 3. The number of methoxy groups -OCH3 is 1. The highest BCUT2D eigenvalue weighted by Gasteiger charge is 2.18. The molecule has 30 heavy (non-hydrogen) atoms. The number of benzene rings is 2. The Balaban J connectivity index is 1.49. The lowest BCUT2D eigenvalue weighted by atomic mass is 10.2. The summed E-state index contributed by atoms with van der Waals surface area (Å²) in [6, 6.07) is 17.7. The molecule has 0 bridgehead atoms. The maximum absolute atomic E-state index is 5.49. The van der Waals surface area contributed by atoms with Crippen molar-refractivity contribution in [1.82, 2.24) is 19.7 Å². The first-order chi connectivity index (χ1) is 14.8. The van der Waals surface area contributed by atoms with Crippen molar-refractivity contribution >= 4 is 11.8 Å². The van der Waals surface area contributed by atoms with E-state index in [2.05, 4.69) is 15.2 Å². The first kappa shape index (κ1) is 18.5. The number of thioether (sulfide) groups is 1. The molecular formula is C22H18N4O3S. The third-order valence-corrected chi connectivity index (χ3v) is 5.71. The van der Waals surface area contributed by atoms with Crippen molar-refractivity contribution < 1.29 is 14.2 Å². The molecule has 0 spiro atoms. The topological polar surface area (TPSA) is 71.3 Å². The fraction of sp³-hybridized carbons (Fsp3) is 0.136. The fourth-order valence-corrected chi connectivity index (χ4v) is 4.09. The van der Waals surface area contributed by atoms with Crippen LogP contribution in [0.4, 0.5) is 0 Å². The summed E-state index contributed by atoms with van der Waals surface area (Å²) >= 11 is 1.61. The first-order valence-corrected chi connectivity index (χ1v) is 10.3. The van der Waals surface area contributed by atoms with Crippen LogP contribution in [0.25, 0.3) is 17.1 Å². The summed E-state index contributed by atoms with van der Waals surface area (Å²) in [6.07, 6.45) is 3.50. The summed E-state index contributed by atoms with van der Waals surface area (Å²) in [6.45, 7) is 0.271. The highest BCUT2D eigenvalue weighted by Crippen LogP contribution is 2.35. The van der Waals surface area contributed by atoms with Crippen LogP contribution in [-0.2, 0) is 5.75 Å². The van der Waals surface area contributed by atoms with Crippen molar-refractivity contribution in [3.05, 3.63) is 72.6 Å². The molecule has 5 rings (SSSR count). The zero-order valence-corrected chi connectivity index (χ0v) is 17.0. The number of nitrogens with zero attached hydrogens (tertiary/aromatic N) is 4. The Morgan fingerprint density at radius 1 is 0.967 bits per heavy atom. The standard InChI is InChI=1S/C22H18N4O3S/c1-27-18-5-3-17(4-6-18)26-21(16-8-10-23-11-9-16)24-25-22(26)30-13-15-2-7-19-20(12-15)29-14-28-19/h2-12H,13-14H2,1H3. The van der Waals surface area contributed by atoms with Gasteiger partial charge in [-0.15, -0.1) is 10.2 Å². The lowest BCUT2D eigenvalue weighted by Gasteiger charge is -2.11. The van der Waals surface area contributed by atoms with E-state index in [4.69, 9.17) is 14.2 Å². The van der Waals surface area contributed by atoms with E-state index in [0.717, 1.165) is 50.8 Å². The van der Waals surface area contributed by atoms with Gasteiger partial charge in [0, 0.05) is 29.4 Å². The molecule has 8 heteroatoms. The largest absolute Gasteiger partial charge is 0.497 e. The maximum Gasteiger partial charge on any atom is 0.231 e. The molecule has 3 heterocycles. The fourth-order valence-electron chi connectivity index (χ4n) is 3.19. The van der Waals surface area contributed by atoms with Gasteiger partial charge in [0.05, 0.1) is 7.11 Å². The monoisotopic (exact) mass is 418 g/mol. The quantitative estimate of drug-likeness (QED) is 0.431. The molecule has 0 atom stereocenters. The minimum atomic E-state index is 0.271. The Kier molecular flexibility index (Phi) is 4.98. The zero-order chi connectivity index (χ0) is 20.3. The van der Waals surface area contributed by atoms with Crippen molar-refractivity contribution in [2.24, 2.45) is 0 Å². The molecule has 7 nitrogen and oxygen atoms in total. The van der Waals surface area contributed by atoms with E-state index in [1.54, 1.807) is 31.3 Å². The molecule has 2 aromatic heterocycles. The van der Waals surface area contributed by atoms with Gasteiger partial charge in [-0.2, -0.15) is 0 Å². The second-order valence-electron chi connectivity index (χ2n) is 6.55. The van der Waals surface area contributed by atoms with Crippen molar-refractivity contribution in [1.29, 1.82) is 0 Å². The Morgan fingerprint density at radius 2 is 1.77 bits per heavy atom. The van der Waals surface area contributed by atoms with Gasteiger partial charge >= 0.3 is 0 Å². The Morgan fingerprint density at radius 3 is 2.57 bits per heavy atom. The van der Waals surface area contributed by atoms with E-state index in [0.29, 0.717) is 0 Å². The molecule has 1 aliphatic heterocycles. The molecule has 0 saturated heterocycles. The van der Waals surface area contributed by atoms with E-state index in [-0.39, 0.29) is 6.79 Å². The van der Waals surface area contributed by atoms with Gasteiger partial charge in [-0.05, 0) is 54.1 Å². The van der Waals surface area contributed by atoms with Crippen molar-refractivity contribution in [2.45, 2.75) is 10.9 Å². The Labute approximate surface area is 177 Å². The number of aromatic nitrogens is 4. The second kappa shape index (κ2) is 8.08. The summed E-state index contributed by atoms with van der Waals surface area (Å²) in [5, 5.41) is 9.73. The van der Waals surface area contributed by atoms with E-state index >= 15 is 0 Å². The van der Waals surface area contributed by atoms with E-state index in [1.807, 2.05) is 59.2 Å². The normalized spacial score (nSPS) is 12.2. The summed E-state index contributed by atoms with van der Waals surface area (Å²) in [7, 11) is 1.66. The van der Waals surface area contributed by atoms with Gasteiger partial charge in [-0.25, -0.2) is 0 Å². The molecule has 0 N–H and O–H groups in total. The summed E-state index contributed by atoms with van der Waals surface area (Å²) in [4.78, 5) is 4.11. The number of fused-ring (bicyclic) bond motifs is 1. The van der Waals surface area contributed by atoms with Crippen LogP contribution in [0.1, 0.15) is 5.56 Å². The summed E-state index contributed by atoms with van der Waals surface area (Å²) in [5.74, 6) is 3.84. The van der Waals surface area contributed by atoms with Gasteiger partial charge in [0.1, 0.15) is 5.75 Å². The average molecular weight is 418 g/mol. The lowest BCUT2D eigenvalue weighted by Crippen LogP contribution is -2.00. The highest BCUT2D eigenvalue weighted by molar-refractivity contribution is 7.98. The number of hydrogen-bond donors (Lipinski definition) is 0. The molecule has 0 aliphatic carbocycles. The van der Waals surface area contributed by atoms with Crippen LogP contribution in [0.15, 0.2) is 72.1 Å². The van der Waals surface area contributed by atoms with E-state index in [1.165, 1.54) is 0 Å². The van der Waals surface area contributed by atoms with Gasteiger partial charge in [0.15, 0.2) is 22.5 Å². The molecule has 1 aliphatic rings. The SMILES string of the molecule is COc1ccc(-n2c(SCc3ccc4c(c3)OCO4)nnc2-c2ccncc2)cc1. The van der Waals surface area contributed by atoms with Crippen LogP contribution in [-0.4, -0.2) is 33.7 Å². The van der Waals surface area contributed by atoms with Gasteiger partial charge < -0.3 is 14.2 Å². The van der Waals surface area contributed by atoms with Crippen LogP contribution in [0, 0.1) is 0 Å². The van der Waals surface area contributed by atoms with Crippen molar-refractivity contribution in [2.75, 3.05) is 13.9 Å².